The quantitative estimate of drug-likeness (QED) is 0.628. The third-order valence-corrected chi connectivity index (χ3v) is 1.53. The van der Waals surface area contributed by atoms with E-state index in [4.69, 9.17) is 0 Å². The van der Waals surface area contributed by atoms with Gasteiger partial charge in [-0.15, -0.1) is 0 Å². The minimum Gasteiger partial charge on any atom is -0.291 e. The van der Waals surface area contributed by atoms with Crippen molar-refractivity contribution in [2.45, 2.75) is 6.18 Å². The van der Waals surface area contributed by atoms with E-state index in [2.05, 4.69) is 9.97 Å². The third-order valence-electron chi connectivity index (χ3n) is 1.53. The summed E-state index contributed by atoms with van der Waals surface area (Å²) < 4.78 is 37.6. The van der Waals surface area contributed by atoms with Crippen LogP contribution in [-0.4, -0.2) is 14.4 Å². The first-order chi connectivity index (χ1) is 6.07. The Morgan fingerprint density at radius 1 is 1.31 bits per heavy atom. The lowest BCUT2D eigenvalue weighted by Crippen LogP contribution is -2.04. The van der Waals surface area contributed by atoms with Gasteiger partial charge in [0, 0.05) is 18.6 Å². The molecule has 0 unspecified atom stereocenters. The summed E-state index contributed by atoms with van der Waals surface area (Å²) in [7, 11) is 0. The summed E-state index contributed by atoms with van der Waals surface area (Å²) in [5.74, 6) is 0.0508. The molecule has 3 nitrogen and oxygen atoms in total. The number of rotatable bonds is 0. The highest BCUT2D eigenvalue weighted by atomic mass is 19.4. The van der Waals surface area contributed by atoms with Gasteiger partial charge < -0.3 is 0 Å². The zero-order valence-corrected chi connectivity index (χ0v) is 6.28. The Morgan fingerprint density at radius 2 is 2.08 bits per heavy atom. The SMILES string of the molecule is FC(F)(F)c1cn2cccnc2n1. The molecule has 0 atom stereocenters. The minimum absolute atomic E-state index is 0.0508. The predicted molar refractivity (Wildman–Crippen MR) is 38.0 cm³/mol. The molecule has 0 N–H and O–H groups in total. The van der Waals surface area contributed by atoms with E-state index >= 15 is 0 Å². The van der Waals surface area contributed by atoms with Gasteiger partial charge in [0.1, 0.15) is 0 Å². The maximum absolute atomic E-state index is 12.1. The van der Waals surface area contributed by atoms with Crippen molar-refractivity contribution in [3.8, 4) is 0 Å². The summed E-state index contributed by atoms with van der Waals surface area (Å²) in [5, 5.41) is 0. The van der Waals surface area contributed by atoms with Crippen molar-refractivity contribution >= 4 is 5.78 Å². The topological polar surface area (TPSA) is 30.2 Å². The molecular weight excluding hydrogens is 183 g/mol. The Hall–Kier alpha value is -1.59. The van der Waals surface area contributed by atoms with Crippen molar-refractivity contribution < 1.29 is 13.2 Å². The summed E-state index contributed by atoms with van der Waals surface area (Å²) in [6.45, 7) is 0. The molecule has 0 radical (unpaired) electrons. The molecule has 0 saturated heterocycles. The van der Waals surface area contributed by atoms with E-state index in [1.165, 1.54) is 22.9 Å². The molecule has 2 aromatic rings. The van der Waals surface area contributed by atoms with E-state index in [0.717, 1.165) is 6.20 Å². The highest BCUT2D eigenvalue weighted by molar-refractivity contribution is 5.30. The molecule has 0 spiro atoms. The van der Waals surface area contributed by atoms with Crippen LogP contribution >= 0.6 is 0 Å². The van der Waals surface area contributed by atoms with Crippen molar-refractivity contribution in [3.63, 3.8) is 0 Å². The predicted octanol–water partition coefficient (Wildman–Crippen LogP) is 1.75. The highest BCUT2D eigenvalue weighted by Crippen LogP contribution is 2.27. The van der Waals surface area contributed by atoms with E-state index in [9.17, 15) is 13.2 Å². The summed E-state index contributed by atoms with van der Waals surface area (Å²) in [6, 6.07) is 1.54. The Labute approximate surface area is 70.9 Å². The lowest BCUT2D eigenvalue weighted by Gasteiger charge is -1.98. The molecular formula is C7H4F3N3. The number of hydrogen-bond acceptors (Lipinski definition) is 2. The second kappa shape index (κ2) is 2.45. The van der Waals surface area contributed by atoms with E-state index in [1.54, 1.807) is 0 Å². The largest absolute Gasteiger partial charge is 0.434 e. The van der Waals surface area contributed by atoms with E-state index in [0.29, 0.717) is 0 Å². The number of imidazole rings is 1. The van der Waals surface area contributed by atoms with Crippen molar-refractivity contribution in [3.05, 3.63) is 30.4 Å². The molecule has 13 heavy (non-hydrogen) atoms. The van der Waals surface area contributed by atoms with Crippen LogP contribution in [0.3, 0.4) is 0 Å². The van der Waals surface area contributed by atoms with Crippen molar-refractivity contribution in [1.29, 1.82) is 0 Å². The highest BCUT2D eigenvalue weighted by Gasteiger charge is 2.33. The standard InChI is InChI=1S/C7H4F3N3/c8-7(9,10)5-4-13-3-1-2-11-6(13)12-5/h1-4H. The fraction of sp³-hybridized carbons (Fsp3) is 0.143. The average Bonchev–Trinajstić information content (AvgIpc) is 2.45. The fourth-order valence-electron chi connectivity index (χ4n) is 0.967. The molecule has 0 fully saturated rings. The molecule has 0 saturated carbocycles. The van der Waals surface area contributed by atoms with Crippen LogP contribution < -0.4 is 0 Å². The summed E-state index contributed by atoms with van der Waals surface area (Å²) >= 11 is 0. The summed E-state index contributed by atoms with van der Waals surface area (Å²) in [4.78, 5) is 6.98. The van der Waals surface area contributed by atoms with E-state index in [-0.39, 0.29) is 5.78 Å². The first-order valence-corrected chi connectivity index (χ1v) is 3.44. The molecule has 0 amide bonds. The Balaban J connectivity index is 2.63. The first-order valence-electron chi connectivity index (χ1n) is 3.44. The Morgan fingerprint density at radius 3 is 2.69 bits per heavy atom. The maximum atomic E-state index is 12.1. The molecule has 0 bridgehead atoms. The number of nitrogens with zero attached hydrogens (tertiary/aromatic N) is 3. The first kappa shape index (κ1) is 8.03. The number of aromatic nitrogens is 3. The summed E-state index contributed by atoms with van der Waals surface area (Å²) in [6.07, 6.45) is -0.650. The van der Waals surface area contributed by atoms with Gasteiger partial charge in [0.2, 0.25) is 5.78 Å². The summed E-state index contributed by atoms with van der Waals surface area (Å²) in [5.41, 5.74) is -0.925. The molecule has 68 valence electrons. The van der Waals surface area contributed by atoms with Crippen LogP contribution in [0.15, 0.2) is 24.7 Å². The molecule has 0 aromatic carbocycles. The fourth-order valence-corrected chi connectivity index (χ4v) is 0.967. The van der Waals surface area contributed by atoms with Gasteiger partial charge in [-0.05, 0) is 6.07 Å². The molecule has 2 aromatic heterocycles. The number of alkyl halides is 3. The number of hydrogen-bond donors (Lipinski definition) is 0. The third kappa shape index (κ3) is 1.34. The van der Waals surface area contributed by atoms with Crippen molar-refractivity contribution in [2.75, 3.05) is 0 Å². The molecule has 2 rings (SSSR count). The number of fused-ring (bicyclic) bond motifs is 1. The minimum atomic E-state index is -4.41. The molecule has 0 aliphatic carbocycles. The zero-order valence-electron chi connectivity index (χ0n) is 6.28. The normalized spacial score (nSPS) is 12.2. The van der Waals surface area contributed by atoms with Gasteiger partial charge in [-0.2, -0.15) is 13.2 Å². The van der Waals surface area contributed by atoms with Gasteiger partial charge in [0.05, 0.1) is 0 Å². The monoisotopic (exact) mass is 187 g/mol. The van der Waals surface area contributed by atoms with Gasteiger partial charge in [-0.3, -0.25) is 4.40 Å². The molecule has 0 aliphatic rings. The second-order valence-electron chi connectivity index (χ2n) is 2.45. The zero-order chi connectivity index (χ0) is 9.47. The van der Waals surface area contributed by atoms with Gasteiger partial charge >= 0.3 is 6.18 Å². The maximum Gasteiger partial charge on any atom is 0.434 e. The Kier molecular flexibility index (Phi) is 1.51. The van der Waals surface area contributed by atoms with Crippen LogP contribution in [0.5, 0.6) is 0 Å². The van der Waals surface area contributed by atoms with Gasteiger partial charge in [-0.1, -0.05) is 0 Å². The van der Waals surface area contributed by atoms with Crippen LogP contribution in [0, 0.1) is 0 Å². The van der Waals surface area contributed by atoms with Gasteiger partial charge in [0.25, 0.3) is 0 Å². The van der Waals surface area contributed by atoms with Crippen LogP contribution in [0.4, 0.5) is 13.2 Å². The van der Waals surface area contributed by atoms with Crippen LogP contribution in [0.25, 0.3) is 5.78 Å². The van der Waals surface area contributed by atoms with Crippen LogP contribution in [-0.2, 0) is 6.18 Å². The molecule has 6 heteroatoms. The van der Waals surface area contributed by atoms with Gasteiger partial charge in [0.15, 0.2) is 5.69 Å². The Bertz CT molecular complexity index is 399. The smallest absolute Gasteiger partial charge is 0.291 e. The molecule has 2 heterocycles. The van der Waals surface area contributed by atoms with E-state index < -0.39 is 11.9 Å². The number of halogens is 3. The van der Waals surface area contributed by atoms with Crippen LogP contribution in [0.2, 0.25) is 0 Å². The second-order valence-corrected chi connectivity index (χ2v) is 2.45. The lowest BCUT2D eigenvalue weighted by atomic mass is 10.5. The average molecular weight is 187 g/mol. The molecule has 0 aliphatic heterocycles. The lowest BCUT2D eigenvalue weighted by molar-refractivity contribution is -0.140. The van der Waals surface area contributed by atoms with Crippen molar-refractivity contribution in [2.24, 2.45) is 0 Å². The van der Waals surface area contributed by atoms with Crippen LogP contribution in [0.1, 0.15) is 5.69 Å². The van der Waals surface area contributed by atoms with Gasteiger partial charge in [-0.25, -0.2) is 9.97 Å². The van der Waals surface area contributed by atoms with Crippen molar-refractivity contribution in [1.82, 2.24) is 14.4 Å². The van der Waals surface area contributed by atoms with E-state index in [1.807, 2.05) is 0 Å².